The number of hydrogen-bond donors (Lipinski definition) is 1. The number of hydrogen-bond acceptors (Lipinski definition) is 1. The predicted octanol–water partition coefficient (Wildman–Crippen LogP) is 9.59. The molecule has 0 aliphatic heterocycles. The molecule has 0 saturated carbocycles. The highest BCUT2D eigenvalue weighted by Gasteiger charge is 2.22. The van der Waals surface area contributed by atoms with Gasteiger partial charge in [-0.3, -0.25) is 0 Å². The number of benzene rings is 3. The fraction of sp³-hybridized carbons (Fsp3) is 0.438. The van der Waals surface area contributed by atoms with Gasteiger partial charge < -0.3 is 5.32 Å². The molecule has 1 heteroatoms. The Labute approximate surface area is 202 Å². The zero-order valence-electron chi connectivity index (χ0n) is 22.0. The van der Waals surface area contributed by atoms with Crippen LogP contribution in [0.3, 0.4) is 0 Å². The molecule has 3 rings (SSSR count). The largest absolute Gasteiger partial charge is 0.356 e. The van der Waals surface area contributed by atoms with E-state index in [1.54, 1.807) is 0 Å². The molecule has 0 spiro atoms. The van der Waals surface area contributed by atoms with E-state index in [4.69, 9.17) is 0 Å². The van der Waals surface area contributed by atoms with Crippen LogP contribution >= 0.6 is 0 Å². The third-order valence-electron chi connectivity index (χ3n) is 7.20. The minimum absolute atomic E-state index is 0.191. The summed E-state index contributed by atoms with van der Waals surface area (Å²) >= 11 is 0. The first-order valence-electron chi connectivity index (χ1n) is 12.6. The molecular formula is C32H43N. The van der Waals surface area contributed by atoms with Gasteiger partial charge in [0.05, 0.1) is 0 Å². The van der Waals surface area contributed by atoms with E-state index in [9.17, 15) is 0 Å². The van der Waals surface area contributed by atoms with Crippen molar-refractivity contribution in [1.29, 1.82) is 0 Å². The Bertz CT molecular complexity index is 1000. The Morgan fingerprint density at radius 2 is 1.06 bits per heavy atom. The number of anilines is 2. The molecule has 3 aromatic carbocycles. The van der Waals surface area contributed by atoms with E-state index in [1.165, 1.54) is 35.1 Å². The van der Waals surface area contributed by atoms with Crippen molar-refractivity contribution in [2.24, 2.45) is 5.92 Å². The molecule has 33 heavy (non-hydrogen) atoms. The van der Waals surface area contributed by atoms with Crippen LogP contribution in [0, 0.1) is 5.92 Å². The molecule has 0 amide bonds. The number of nitrogens with one attached hydrogen (secondary N) is 1. The van der Waals surface area contributed by atoms with E-state index >= 15 is 0 Å². The first-order valence-corrected chi connectivity index (χ1v) is 12.6. The van der Waals surface area contributed by atoms with Gasteiger partial charge in [-0.25, -0.2) is 0 Å². The Kier molecular flexibility index (Phi) is 7.73. The van der Waals surface area contributed by atoms with Gasteiger partial charge in [0.2, 0.25) is 0 Å². The van der Waals surface area contributed by atoms with Gasteiger partial charge in [0.25, 0.3) is 0 Å². The van der Waals surface area contributed by atoms with E-state index in [0.717, 1.165) is 17.3 Å². The SMILES string of the molecule is CCC(C)CC(C)(C)c1ccc(Nc2ccc(C(C)c3ccc(C(C)(C)C)cc3)cc2)cc1. The summed E-state index contributed by atoms with van der Waals surface area (Å²) in [5.74, 6) is 1.12. The van der Waals surface area contributed by atoms with Gasteiger partial charge >= 0.3 is 0 Å². The van der Waals surface area contributed by atoms with E-state index in [2.05, 4.69) is 134 Å². The van der Waals surface area contributed by atoms with Crippen molar-refractivity contribution in [2.45, 2.75) is 85.0 Å². The third kappa shape index (κ3) is 6.50. The van der Waals surface area contributed by atoms with Gasteiger partial charge in [0.15, 0.2) is 0 Å². The van der Waals surface area contributed by atoms with E-state index < -0.39 is 0 Å². The second-order valence-corrected chi connectivity index (χ2v) is 11.5. The van der Waals surface area contributed by atoms with Gasteiger partial charge in [0.1, 0.15) is 0 Å². The smallest absolute Gasteiger partial charge is 0.0384 e. The molecule has 0 bridgehead atoms. The highest BCUT2D eigenvalue weighted by Crippen LogP contribution is 2.33. The summed E-state index contributed by atoms with van der Waals surface area (Å²) in [4.78, 5) is 0. The maximum atomic E-state index is 3.56. The van der Waals surface area contributed by atoms with Crippen LogP contribution in [0.4, 0.5) is 11.4 Å². The Morgan fingerprint density at radius 1 is 0.636 bits per heavy atom. The summed E-state index contributed by atoms with van der Waals surface area (Å²) in [5, 5.41) is 3.56. The highest BCUT2D eigenvalue weighted by molar-refractivity contribution is 5.60. The summed E-state index contributed by atoms with van der Waals surface area (Å²) in [5.41, 5.74) is 8.15. The van der Waals surface area contributed by atoms with Crippen LogP contribution in [0.15, 0.2) is 72.8 Å². The molecule has 1 nitrogen and oxygen atoms in total. The normalized spacial score (nSPS) is 14.1. The molecule has 0 saturated heterocycles. The lowest BCUT2D eigenvalue weighted by Crippen LogP contribution is -2.20. The Hall–Kier alpha value is -2.54. The van der Waals surface area contributed by atoms with E-state index in [1.807, 2.05) is 0 Å². The maximum absolute atomic E-state index is 3.56. The van der Waals surface area contributed by atoms with Gasteiger partial charge in [0, 0.05) is 17.3 Å². The molecule has 0 heterocycles. The van der Waals surface area contributed by atoms with Gasteiger partial charge in [-0.05, 0) is 69.7 Å². The molecule has 0 fully saturated rings. The summed E-state index contributed by atoms with van der Waals surface area (Å²) < 4.78 is 0. The predicted molar refractivity (Wildman–Crippen MR) is 146 cm³/mol. The molecule has 3 aromatic rings. The lowest BCUT2D eigenvalue weighted by atomic mass is 9.77. The second-order valence-electron chi connectivity index (χ2n) is 11.5. The van der Waals surface area contributed by atoms with Crippen molar-refractivity contribution in [3.63, 3.8) is 0 Å². The third-order valence-corrected chi connectivity index (χ3v) is 7.20. The zero-order valence-corrected chi connectivity index (χ0v) is 22.0. The molecule has 2 unspecified atom stereocenters. The quantitative estimate of drug-likeness (QED) is 0.367. The molecule has 1 N–H and O–H groups in total. The minimum Gasteiger partial charge on any atom is -0.356 e. The fourth-order valence-electron chi connectivity index (χ4n) is 4.62. The second kappa shape index (κ2) is 10.2. The summed E-state index contributed by atoms with van der Waals surface area (Å²) in [6.07, 6.45) is 2.45. The minimum atomic E-state index is 0.191. The first kappa shape index (κ1) is 25.1. The molecule has 0 aromatic heterocycles. The summed E-state index contributed by atoms with van der Waals surface area (Å²) in [7, 11) is 0. The van der Waals surface area contributed by atoms with Crippen molar-refractivity contribution < 1.29 is 0 Å². The molecule has 176 valence electrons. The van der Waals surface area contributed by atoms with E-state index in [0.29, 0.717) is 5.92 Å². The monoisotopic (exact) mass is 441 g/mol. The van der Waals surface area contributed by atoms with Crippen molar-refractivity contribution in [1.82, 2.24) is 0 Å². The van der Waals surface area contributed by atoms with Gasteiger partial charge in [-0.15, -0.1) is 0 Å². The van der Waals surface area contributed by atoms with Crippen LogP contribution in [0.2, 0.25) is 0 Å². The van der Waals surface area contributed by atoms with Gasteiger partial charge in [-0.1, -0.05) is 110 Å². The van der Waals surface area contributed by atoms with Crippen LogP contribution in [0.25, 0.3) is 0 Å². The average molecular weight is 442 g/mol. The summed E-state index contributed by atoms with van der Waals surface area (Å²) in [6, 6.07) is 27.0. The Morgan fingerprint density at radius 3 is 1.52 bits per heavy atom. The summed E-state index contributed by atoms with van der Waals surface area (Å²) in [6.45, 7) is 18.4. The maximum Gasteiger partial charge on any atom is 0.0384 e. The molecule has 0 aliphatic carbocycles. The fourth-order valence-corrected chi connectivity index (χ4v) is 4.62. The van der Waals surface area contributed by atoms with Gasteiger partial charge in [-0.2, -0.15) is 0 Å². The van der Waals surface area contributed by atoms with Crippen LogP contribution < -0.4 is 5.32 Å². The van der Waals surface area contributed by atoms with Crippen molar-refractivity contribution in [3.05, 3.63) is 95.1 Å². The lowest BCUT2D eigenvalue weighted by molar-refractivity contribution is 0.372. The van der Waals surface area contributed by atoms with Crippen molar-refractivity contribution in [3.8, 4) is 0 Å². The molecule has 2 atom stereocenters. The molecular weight excluding hydrogens is 398 g/mol. The van der Waals surface area contributed by atoms with E-state index in [-0.39, 0.29) is 10.8 Å². The van der Waals surface area contributed by atoms with Crippen LogP contribution in [-0.2, 0) is 10.8 Å². The van der Waals surface area contributed by atoms with Crippen LogP contribution in [0.5, 0.6) is 0 Å². The number of rotatable bonds is 8. The van der Waals surface area contributed by atoms with Crippen LogP contribution in [0.1, 0.15) is 96.4 Å². The molecule has 0 radical (unpaired) electrons. The average Bonchev–Trinajstić information content (AvgIpc) is 2.78. The van der Waals surface area contributed by atoms with Crippen LogP contribution in [-0.4, -0.2) is 0 Å². The van der Waals surface area contributed by atoms with Crippen molar-refractivity contribution >= 4 is 11.4 Å². The zero-order chi connectivity index (χ0) is 24.2. The lowest BCUT2D eigenvalue weighted by Gasteiger charge is -2.28. The first-order chi connectivity index (χ1) is 15.5. The Balaban J connectivity index is 1.66. The standard InChI is InChI=1S/C32H43N/c1-9-23(2)22-32(7,8)28-16-20-30(21-17-28)33-29-18-12-26(13-19-29)24(3)25-10-14-27(15-11-25)31(4,5)6/h10-21,23-24,33H,9,22H2,1-8H3. The molecule has 0 aliphatic rings. The van der Waals surface area contributed by atoms with Crippen molar-refractivity contribution in [2.75, 3.05) is 5.32 Å². The highest BCUT2D eigenvalue weighted by atomic mass is 14.9. The topological polar surface area (TPSA) is 12.0 Å².